The minimum atomic E-state index is 0.819. The Morgan fingerprint density at radius 2 is 1.22 bits per heavy atom. The van der Waals surface area contributed by atoms with Crippen LogP contribution in [0.25, 0.3) is 0 Å². The van der Waals surface area contributed by atoms with Crippen LogP contribution in [0.4, 0.5) is 0 Å². The van der Waals surface area contributed by atoms with Crippen LogP contribution >= 0.6 is 0 Å². The highest BCUT2D eigenvalue weighted by atomic mass is 15.2. The fraction of sp³-hybridized carbons (Fsp3) is 1.00. The van der Waals surface area contributed by atoms with E-state index in [-0.39, 0.29) is 0 Å². The molecule has 5 N–H and O–H groups in total. The highest BCUT2D eigenvalue weighted by molar-refractivity contribution is 4.64. The molecule has 0 saturated carbocycles. The van der Waals surface area contributed by atoms with Gasteiger partial charge in [0.15, 0.2) is 0 Å². The molecule has 0 spiro atoms. The fourth-order valence-electron chi connectivity index (χ4n) is 1.63. The number of hydrogen-bond acceptors (Lipinski definition) is 5. The van der Waals surface area contributed by atoms with Gasteiger partial charge in [-0.1, -0.05) is 13.8 Å². The van der Waals surface area contributed by atoms with E-state index < -0.39 is 0 Å². The molecule has 0 unspecified atom stereocenters. The van der Waals surface area contributed by atoms with E-state index >= 15 is 0 Å². The predicted octanol–water partition coefficient (Wildman–Crippen LogP) is -0.554. The van der Waals surface area contributed by atoms with E-state index in [1.807, 2.05) is 0 Å². The van der Waals surface area contributed by atoms with Gasteiger partial charge in [0, 0.05) is 52.4 Å². The van der Waals surface area contributed by atoms with Crippen molar-refractivity contribution in [2.75, 3.05) is 65.4 Å². The second-order valence-corrected chi connectivity index (χ2v) is 4.47. The normalized spacial score (nSPS) is 20.2. The number of likely N-dealkylation sites (N-methyl/N-ethyl adjacent to an activating group) is 1. The highest BCUT2D eigenvalue weighted by Gasteiger charge is 2.04. The predicted molar refractivity (Wildman–Crippen MR) is 80.1 cm³/mol. The van der Waals surface area contributed by atoms with Crippen molar-refractivity contribution in [1.82, 2.24) is 20.9 Å². The fourth-order valence-corrected chi connectivity index (χ4v) is 1.63. The third-order valence-corrected chi connectivity index (χ3v) is 2.90. The van der Waals surface area contributed by atoms with Gasteiger partial charge < -0.3 is 26.6 Å². The van der Waals surface area contributed by atoms with Gasteiger partial charge in [-0.3, -0.25) is 0 Å². The summed E-state index contributed by atoms with van der Waals surface area (Å²) >= 11 is 0. The third kappa shape index (κ3) is 12.3. The van der Waals surface area contributed by atoms with Crippen LogP contribution in [0.15, 0.2) is 0 Å². The van der Waals surface area contributed by atoms with Crippen molar-refractivity contribution in [2.45, 2.75) is 20.3 Å². The van der Waals surface area contributed by atoms with Crippen LogP contribution in [0.1, 0.15) is 20.3 Å². The van der Waals surface area contributed by atoms with E-state index in [9.17, 15) is 0 Å². The van der Waals surface area contributed by atoms with Crippen LogP contribution in [0.3, 0.4) is 0 Å². The van der Waals surface area contributed by atoms with E-state index in [1.54, 1.807) is 0 Å². The van der Waals surface area contributed by atoms with Crippen LogP contribution < -0.4 is 21.7 Å². The second-order valence-electron chi connectivity index (χ2n) is 4.47. The molecule has 2 heterocycles. The first-order valence-corrected chi connectivity index (χ1v) is 7.39. The summed E-state index contributed by atoms with van der Waals surface area (Å²) in [5.41, 5.74) is 5.03. The molecule has 0 atom stereocenters. The lowest BCUT2D eigenvalue weighted by Gasteiger charge is -2.25. The Bertz CT molecular complexity index is 131. The third-order valence-electron chi connectivity index (χ3n) is 2.90. The zero-order valence-corrected chi connectivity index (χ0v) is 12.3. The summed E-state index contributed by atoms with van der Waals surface area (Å²) in [5, 5.41) is 9.75. The summed E-state index contributed by atoms with van der Waals surface area (Å²) in [6.07, 6.45) is 1.10. The van der Waals surface area contributed by atoms with Gasteiger partial charge in [-0.2, -0.15) is 0 Å². The molecule has 0 radical (unpaired) electrons. The van der Waals surface area contributed by atoms with E-state index in [0.29, 0.717) is 0 Å². The molecule has 2 saturated heterocycles. The maximum Gasteiger partial charge on any atom is 0.0107 e. The van der Waals surface area contributed by atoms with E-state index in [2.05, 4.69) is 34.7 Å². The summed E-state index contributed by atoms with van der Waals surface area (Å²) in [7, 11) is 0. The zero-order valence-electron chi connectivity index (χ0n) is 12.3. The molecular formula is C13H33N5. The Hall–Kier alpha value is -0.200. The van der Waals surface area contributed by atoms with Crippen LogP contribution in [-0.4, -0.2) is 70.3 Å². The maximum absolute atomic E-state index is 5.03. The summed E-state index contributed by atoms with van der Waals surface area (Å²) < 4.78 is 0. The van der Waals surface area contributed by atoms with Crippen molar-refractivity contribution in [3.8, 4) is 0 Å². The van der Waals surface area contributed by atoms with Gasteiger partial charge in [0.1, 0.15) is 0 Å². The monoisotopic (exact) mass is 259 g/mol. The van der Waals surface area contributed by atoms with Crippen molar-refractivity contribution < 1.29 is 0 Å². The van der Waals surface area contributed by atoms with E-state index in [1.165, 1.54) is 32.7 Å². The van der Waals surface area contributed by atoms with E-state index in [0.717, 1.165) is 39.1 Å². The second kappa shape index (κ2) is 14.9. The van der Waals surface area contributed by atoms with Crippen molar-refractivity contribution in [2.24, 2.45) is 5.73 Å². The van der Waals surface area contributed by atoms with Crippen LogP contribution in [0.5, 0.6) is 0 Å². The first-order chi connectivity index (χ1) is 8.85. The molecule has 0 aromatic rings. The summed E-state index contributed by atoms with van der Waals surface area (Å²) in [4.78, 5) is 2.45. The highest BCUT2D eigenvalue weighted by Crippen LogP contribution is 1.88. The van der Waals surface area contributed by atoms with Crippen LogP contribution in [0.2, 0.25) is 0 Å². The van der Waals surface area contributed by atoms with Crippen molar-refractivity contribution in [3.05, 3.63) is 0 Å². The Kier molecular flexibility index (Phi) is 14.7. The average Bonchev–Trinajstić information content (AvgIpc) is 2.51. The van der Waals surface area contributed by atoms with Gasteiger partial charge in [0.05, 0.1) is 0 Å². The lowest BCUT2D eigenvalue weighted by Crippen LogP contribution is -2.43. The molecule has 0 aromatic heterocycles. The number of nitrogens with one attached hydrogen (secondary N) is 3. The molecule has 5 heteroatoms. The number of rotatable bonds is 2. The van der Waals surface area contributed by atoms with Gasteiger partial charge >= 0.3 is 0 Å². The topological polar surface area (TPSA) is 65.3 Å². The number of nitrogens with zero attached hydrogens (tertiary/aromatic N) is 1. The van der Waals surface area contributed by atoms with Gasteiger partial charge in [-0.25, -0.2) is 0 Å². The Labute approximate surface area is 113 Å². The molecule has 18 heavy (non-hydrogen) atoms. The molecule has 5 nitrogen and oxygen atoms in total. The van der Waals surface area contributed by atoms with Gasteiger partial charge in [-0.15, -0.1) is 0 Å². The summed E-state index contributed by atoms with van der Waals surface area (Å²) in [6, 6.07) is 0. The quantitative estimate of drug-likeness (QED) is 0.536. The largest absolute Gasteiger partial charge is 0.330 e. The van der Waals surface area contributed by atoms with Gasteiger partial charge in [0.2, 0.25) is 0 Å². The van der Waals surface area contributed by atoms with Crippen molar-refractivity contribution >= 4 is 0 Å². The lowest BCUT2D eigenvalue weighted by molar-refractivity contribution is 0.253. The maximum atomic E-state index is 5.03. The molecule has 2 aliphatic heterocycles. The number of piperazine rings is 2. The molecule has 0 bridgehead atoms. The lowest BCUT2D eigenvalue weighted by atomic mass is 10.4. The van der Waals surface area contributed by atoms with Gasteiger partial charge in [0.25, 0.3) is 0 Å². The minimum Gasteiger partial charge on any atom is -0.330 e. The standard InChI is InChI=1S/C6H14N2.C4H10N2.C3H9N/c1-2-8-5-3-7-4-6-8;1-2-6-4-3-5-1;1-2-3-4/h7H,2-6H2,1H3;5-6H,1-4H2;2-4H2,1H3. The zero-order chi connectivity index (χ0) is 13.5. The first-order valence-electron chi connectivity index (χ1n) is 7.39. The molecule has 0 aliphatic carbocycles. The van der Waals surface area contributed by atoms with Crippen molar-refractivity contribution in [3.63, 3.8) is 0 Å². The van der Waals surface area contributed by atoms with E-state index in [4.69, 9.17) is 5.73 Å². The molecule has 0 amide bonds. The molecular weight excluding hydrogens is 226 g/mol. The SMILES string of the molecule is C1CNCCN1.CCCN.CCN1CCNCC1. The Morgan fingerprint density at radius 1 is 0.833 bits per heavy atom. The molecule has 2 rings (SSSR count). The Morgan fingerprint density at radius 3 is 1.44 bits per heavy atom. The summed E-state index contributed by atoms with van der Waals surface area (Å²) in [6.45, 7) is 15.7. The first kappa shape index (κ1) is 17.8. The average molecular weight is 259 g/mol. The molecule has 110 valence electrons. The summed E-state index contributed by atoms with van der Waals surface area (Å²) in [5.74, 6) is 0. The smallest absolute Gasteiger partial charge is 0.0107 e. The van der Waals surface area contributed by atoms with Crippen molar-refractivity contribution in [1.29, 1.82) is 0 Å². The number of nitrogens with two attached hydrogens (primary N) is 1. The Balaban J connectivity index is 0.000000257. The van der Waals surface area contributed by atoms with Crippen LogP contribution in [0, 0.1) is 0 Å². The molecule has 2 aliphatic rings. The minimum absolute atomic E-state index is 0.819. The number of hydrogen-bond donors (Lipinski definition) is 4. The molecule has 2 fully saturated rings. The van der Waals surface area contributed by atoms with Crippen LogP contribution in [-0.2, 0) is 0 Å². The van der Waals surface area contributed by atoms with Gasteiger partial charge in [-0.05, 0) is 19.5 Å². The molecule has 0 aromatic carbocycles.